The summed E-state index contributed by atoms with van der Waals surface area (Å²) in [6.45, 7) is 8.15. The number of nitrogens with zero attached hydrogens (tertiary/aromatic N) is 2. The van der Waals surface area contributed by atoms with Crippen LogP contribution in [0.1, 0.15) is 55.5 Å². The molecule has 0 aromatic heterocycles. The average molecular weight is 384 g/mol. The van der Waals surface area contributed by atoms with Gasteiger partial charge in [0.05, 0.1) is 5.56 Å². The van der Waals surface area contributed by atoms with Gasteiger partial charge in [-0.2, -0.15) is 0 Å². The molecule has 7 heteroatoms. The molecule has 0 atom stereocenters. The summed E-state index contributed by atoms with van der Waals surface area (Å²) in [6.07, 6.45) is 1.76. The lowest BCUT2D eigenvalue weighted by Gasteiger charge is -2.38. The fraction of sp³-hybridized carbons (Fsp3) is 0.600. The van der Waals surface area contributed by atoms with E-state index in [2.05, 4.69) is 18.7 Å². The van der Waals surface area contributed by atoms with Crippen LogP contribution in [-0.2, 0) is 4.79 Å². The third-order valence-corrected chi connectivity index (χ3v) is 5.38. The molecule has 1 saturated heterocycles. The minimum atomic E-state index is -1.36. The molecule has 1 heterocycles. The Morgan fingerprint density at radius 3 is 2.15 bits per heavy atom. The lowest BCUT2D eigenvalue weighted by molar-refractivity contribution is -0.133. The van der Waals surface area contributed by atoms with Gasteiger partial charge in [0, 0.05) is 50.6 Å². The SMILES string of the molecule is CCC(CC)N1CCN(C(=O)CCC(=O)c2cc(F)c(C)c(F)c2F)CC1. The molecule has 0 spiro atoms. The summed E-state index contributed by atoms with van der Waals surface area (Å²) in [4.78, 5) is 28.5. The Hall–Kier alpha value is -1.89. The third kappa shape index (κ3) is 4.89. The molecule has 1 aliphatic rings. The molecule has 2 rings (SSSR count). The minimum absolute atomic E-state index is 0.0969. The second-order valence-corrected chi connectivity index (χ2v) is 6.97. The van der Waals surface area contributed by atoms with Gasteiger partial charge in [-0.25, -0.2) is 13.2 Å². The number of hydrogen-bond acceptors (Lipinski definition) is 3. The minimum Gasteiger partial charge on any atom is -0.340 e. The molecule has 0 aliphatic carbocycles. The largest absolute Gasteiger partial charge is 0.340 e. The number of rotatable bonds is 7. The van der Waals surface area contributed by atoms with Gasteiger partial charge in [-0.05, 0) is 25.8 Å². The molecule has 1 fully saturated rings. The number of hydrogen-bond donors (Lipinski definition) is 0. The predicted octanol–water partition coefficient (Wildman–Crippen LogP) is 3.71. The van der Waals surface area contributed by atoms with E-state index in [-0.39, 0.29) is 18.7 Å². The van der Waals surface area contributed by atoms with Crippen LogP contribution in [0.2, 0.25) is 0 Å². The molecule has 0 N–H and O–H groups in total. The van der Waals surface area contributed by atoms with E-state index in [1.807, 2.05) is 0 Å². The number of halogens is 3. The topological polar surface area (TPSA) is 40.6 Å². The zero-order valence-electron chi connectivity index (χ0n) is 16.2. The molecular weight excluding hydrogens is 357 g/mol. The highest BCUT2D eigenvalue weighted by molar-refractivity contribution is 5.98. The second kappa shape index (κ2) is 9.35. The number of carbonyl (C=O) groups excluding carboxylic acids is 2. The van der Waals surface area contributed by atoms with Crippen molar-refractivity contribution in [1.29, 1.82) is 0 Å². The van der Waals surface area contributed by atoms with E-state index in [1.54, 1.807) is 4.90 Å². The number of piperazine rings is 1. The first-order valence-corrected chi connectivity index (χ1v) is 9.49. The van der Waals surface area contributed by atoms with Gasteiger partial charge in [-0.1, -0.05) is 13.8 Å². The summed E-state index contributed by atoms with van der Waals surface area (Å²) in [7, 11) is 0. The van der Waals surface area contributed by atoms with Gasteiger partial charge in [0.2, 0.25) is 5.91 Å². The fourth-order valence-electron chi connectivity index (χ4n) is 3.54. The molecular formula is C20H27F3N2O2. The maximum atomic E-state index is 13.9. The first kappa shape index (κ1) is 21.4. The van der Waals surface area contributed by atoms with Gasteiger partial charge >= 0.3 is 0 Å². The molecule has 4 nitrogen and oxygen atoms in total. The van der Waals surface area contributed by atoms with Crippen molar-refractivity contribution in [3.63, 3.8) is 0 Å². The Balaban J connectivity index is 1.90. The van der Waals surface area contributed by atoms with Crippen LogP contribution in [0.5, 0.6) is 0 Å². The van der Waals surface area contributed by atoms with Crippen LogP contribution in [0, 0.1) is 24.4 Å². The highest BCUT2D eigenvalue weighted by Crippen LogP contribution is 2.21. The second-order valence-electron chi connectivity index (χ2n) is 6.97. The molecule has 0 saturated carbocycles. The number of benzene rings is 1. The van der Waals surface area contributed by atoms with Crippen molar-refractivity contribution in [3.05, 3.63) is 34.6 Å². The molecule has 0 radical (unpaired) electrons. The molecule has 0 bridgehead atoms. The first-order chi connectivity index (χ1) is 12.8. The summed E-state index contributed by atoms with van der Waals surface area (Å²) >= 11 is 0. The quantitative estimate of drug-likeness (QED) is 0.532. The zero-order chi connectivity index (χ0) is 20.1. The van der Waals surface area contributed by atoms with Crippen LogP contribution in [0.3, 0.4) is 0 Å². The third-order valence-electron chi connectivity index (χ3n) is 5.38. The van der Waals surface area contributed by atoms with Crippen LogP contribution < -0.4 is 0 Å². The number of carbonyl (C=O) groups is 2. The van der Waals surface area contributed by atoms with Crippen molar-refractivity contribution in [2.75, 3.05) is 26.2 Å². The Labute approximate surface area is 158 Å². The molecule has 1 aromatic rings. The summed E-state index contributed by atoms with van der Waals surface area (Å²) in [5.74, 6) is -4.65. The maximum Gasteiger partial charge on any atom is 0.223 e. The molecule has 1 aromatic carbocycles. The van der Waals surface area contributed by atoms with Crippen molar-refractivity contribution in [3.8, 4) is 0 Å². The maximum absolute atomic E-state index is 13.9. The van der Waals surface area contributed by atoms with Gasteiger partial charge in [-0.15, -0.1) is 0 Å². The monoisotopic (exact) mass is 384 g/mol. The predicted molar refractivity (Wildman–Crippen MR) is 97.1 cm³/mol. The van der Waals surface area contributed by atoms with Gasteiger partial charge in [0.25, 0.3) is 0 Å². The lowest BCUT2D eigenvalue weighted by atomic mass is 10.0. The van der Waals surface area contributed by atoms with Gasteiger partial charge in [0.1, 0.15) is 5.82 Å². The van der Waals surface area contributed by atoms with Gasteiger partial charge in [0.15, 0.2) is 17.4 Å². The van der Waals surface area contributed by atoms with Crippen molar-refractivity contribution in [1.82, 2.24) is 9.80 Å². The summed E-state index contributed by atoms with van der Waals surface area (Å²) < 4.78 is 41.1. The average Bonchev–Trinajstić information content (AvgIpc) is 2.68. The summed E-state index contributed by atoms with van der Waals surface area (Å²) in [6, 6.07) is 1.22. The standard InChI is InChI=1S/C20H27F3N2O2/c1-4-14(5-2)24-8-10-25(11-9-24)18(27)7-6-17(26)15-12-16(21)13(3)19(22)20(15)23/h12,14H,4-11H2,1-3H3. The zero-order valence-corrected chi connectivity index (χ0v) is 16.2. The Bertz CT molecular complexity index is 697. The summed E-state index contributed by atoms with van der Waals surface area (Å²) in [5, 5.41) is 0. The van der Waals surface area contributed by atoms with Crippen molar-refractivity contribution in [2.24, 2.45) is 0 Å². The first-order valence-electron chi connectivity index (χ1n) is 9.49. The normalized spacial score (nSPS) is 15.4. The van der Waals surface area contributed by atoms with Crippen molar-refractivity contribution in [2.45, 2.75) is 52.5 Å². The van der Waals surface area contributed by atoms with Crippen LogP contribution in [-0.4, -0.2) is 53.7 Å². The van der Waals surface area contributed by atoms with Gasteiger partial charge < -0.3 is 4.90 Å². The van der Waals surface area contributed by atoms with E-state index in [0.717, 1.165) is 32.9 Å². The highest BCUT2D eigenvalue weighted by Gasteiger charge is 2.26. The molecule has 1 aliphatic heterocycles. The molecule has 1 amide bonds. The Morgan fingerprint density at radius 1 is 1.00 bits per heavy atom. The highest BCUT2D eigenvalue weighted by atomic mass is 19.2. The van der Waals surface area contributed by atoms with E-state index in [1.165, 1.54) is 0 Å². The van der Waals surface area contributed by atoms with E-state index in [0.29, 0.717) is 25.2 Å². The Morgan fingerprint density at radius 2 is 1.59 bits per heavy atom. The Kier molecular flexibility index (Phi) is 7.41. The van der Waals surface area contributed by atoms with E-state index in [9.17, 15) is 22.8 Å². The van der Waals surface area contributed by atoms with E-state index >= 15 is 0 Å². The molecule has 0 unspecified atom stereocenters. The van der Waals surface area contributed by atoms with Crippen LogP contribution >= 0.6 is 0 Å². The fourth-order valence-corrected chi connectivity index (χ4v) is 3.54. The van der Waals surface area contributed by atoms with Crippen LogP contribution in [0.15, 0.2) is 6.07 Å². The number of ketones is 1. The van der Waals surface area contributed by atoms with Crippen LogP contribution in [0.4, 0.5) is 13.2 Å². The number of amides is 1. The van der Waals surface area contributed by atoms with E-state index in [4.69, 9.17) is 0 Å². The van der Waals surface area contributed by atoms with Crippen molar-refractivity contribution < 1.29 is 22.8 Å². The smallest absolute Gasteiger partial charge is 0.223 e. The van der Waals surface area contributed by atoms with Crippen molar-refractivity contribution >= 4 is 11.7 Å². The number of Topliss-reactive ketones (excluding diaryl/α,β-unsaturated/α-hetero) is 1. The molecule has 27 heavy (non-hydrogen) atoms. The van der Waals surface area contributed by atoms with E-state index < -0.39 is 34.4 Å². The summed E-state index contributed by atoms with van der Waals surface area (Å²) in [5.41, 5.74) is -1.10. The van der Waals surface area contributed by atoms with Gasteiger partial charge in [-0.3, -0.25) is 14.5 Å². The molecule has 150 valence electrons. The lowest BCUT2D eigenvalue weighted by Crippen LogP contribution is -2.51. The van der Waals surface area contributed by atoms with Crippen LogP contribution in [0.25, 0.3) is 0 Å².